The Hall–Kier alpha value is -2.60. The lowest BCUT2D eigenvalue weighted by molar-refractivity contribution is -0.119. The molecule has 6 heteroatoms. The van der Waals surface area contributed by atoms with Crippen LogP contribution in [-0.4, -0.2) is 26.7 Å². The minimum atomic E-state index is -0.154. The van der Waals surface area contributed by atoms with E-state index in [9.17, 15) is 4.79 Å². The third kappa shape index (κ3) is 5.46. The van der Waals surface area contributed by atoms with Crippen molar-refractivity contribution in [3.8, 4) is 0 Å². The molecule has 0 spiro atoms. The Labute approximate surface area is 151 Å². The molecule has 1 aromatic heterocycles. The van der Waals surface area contributed by atoms with Crippen molar-refractivity contribution in [1.29, 1.82) is 0 Å². The number of aromatic nitrogens is 3. The molecule has 1 amide bonds. The molecule has 0 unspecified atom stereocenters. The predicted octanol–water partition coefficient (Wildman–Crippen LogP) is 3.07. The second kappa shape index (κ2) is 9.03. The number of amides is 1. The molecule has 0 aliphatic carbocycles. The first kappa shape index (κ1) is 17.2. The van der Waals surface area contributed by atoms with E-state index in [4.69, 9.17) is 0 Å². The summed E-state index contributed by atoms with van der Waals surface area (Å²) in [5.74, 6) is 1.26. The molecule has 0 aliphatic heterocycles. The van der Waals surface area contributed by atoms with Gasteiger partial charge in [0.05, 0.1) is 30.7 Å². The molecule has 1 atom stereocenters. The molecule has 5 nitrogen and oxygen atoms in total. The van der Waals surface area contributed by atoms with Gasteiger partial charge < -0.3 is 5.32 Å². The standard InChI is InChI=1S/C19H20N4OS/c24-19(15-25-14-16-7-3-1-4-8-16)22-18(13-23-20-11-12-21-23)17-9-5-2-6-10-17/h1-12,18H,13-15H2,(H,22,24)/t18-/m1/s1. The number of nitrogens with one attached hydrogen (secondary N) is 1. The van der Waals surface area contributed by atoms with Gasteiger partial charge in [0.2, 0.25) is 5.91 Å². The number of nitrogens with zero attached hydrogens (tertiary/aromatic N) is 3. The second-order valence-corrected chi connectivity index (χ2v) is 6.58. The number of hydrogen-bond donors (Lipinski definition) is 1. The molecule has 2 aromatic carbocycles. The lowest BCUT2D eigenvalue weighted by Gasteiger charge is -2.18. The van der Waals surface area contributed by atoms with Gasteiger partial charge in [0.15, 0.2) is 0 Å². The van der Waals surface area contributed by atoms with Crippen LogP contribution < -0.4 is 5.32 Å². The Bertz CT molecular complexity index is 763. The van der Waals surface area contributed by atoms with Crippen LogP contribution in [-0.2, 0) is 17.1 Å². The van der Waals surface area contributed by atoms with E-state index in [-0.39, 0.29) is 11.9 Å². The van der Waals surface area contributed by atoms with Crippen LogP contribution in [0.5, 0.6) is 0 Å². The first-order chi connectivity index (χ1) is 12.3. The van der Waals surface area contributed by atoms with Crippen molar-refractivity contribution in [2.75, 3.05) is 5.75 Å². The molecule has 128 valence electrons. The van der Waals surface area contributed by atoms with Gasteiger partial charge >= 0.3 is 0 Å². The molecule has 0 bridgehead atoms. The van der Waals surface area contributed by atoms with Crippen LogP contribution in [0.25, 0.3) is 0 Å². The highest BCUT2D eigenvalue weighted by Crippen LogP contribution is 2.16. The maximum atomic E-state index is 12.4. The molecule has 3 aromatic rings. The van der Waals surface area contributed by atoms with Gasteiger partial charge in [-0.15, -0.1) is 11.8 Å². The van der Waals surface area contributed by atoms with E-state index in [1.165, 1.54) is 5.56 Å². The van der Waals surface area contributed by atoms with E-state index in [0.29, 0.717) is 12.3 Å². The van der Waals surface area contributed by atoms with Gasteiger partial charge in [-0.25, -0.2) is 0 Å². The van der Waals surface area contributed by atoms with Crippen molar-refractivity contribution < 1.29 is 4.79 Å². The Kier molecular flexibility index (Phi) is 6.23. The Morgan fingerprint density at radius 3 is 2.32 bits per heavy atom. The lowest BCUT2D eigenvalue weighted by atomic mass is 10.1. The minimum absolute atomic E-state index is 0.0157. The molecular formula is C19H20N4OS. The first-order valence-electron chi connectivity index (χ1n) is 8.11. The summed E-state index contributed by atoms with van der Waals surface area (Å²) < 4.78 is 0. The predicted molar refractivity (Wildman–Crippen MR) is 100.0 cm³/mol. The topological polar surface area (TPSA) is 59.8 Å². The highest BCUT2D eigenvalue weighted by atomic mass is 32.2. The smallest absolute Gasteiger partial charge is 0.230 e. The number of rotatable bonds is 8. The van der Waals surface area contributed by atoms with Gasteiger partial charge in [0.1, 0.15) is 0 Å². The molecule has 25 heavy (non-hydrogen) atoms. The number of carbonyl (C=O) groups excluding carboxylic acids is 1. The van der Waals surface area contributed by atoms with E-state index < -0.39 is 0 Å². The zero-order valence-electron chi connectivity index (χ0n) is 13.8. The van der Waals surface area contributed by atoms with Gasteiger partial charge in [0.25, 0.3) is 0 Å². The van der Waals surface area contributed by atoms with Crippen LogP contribution in [0.1, 0.15) is 17.2 Å². The highest BCUT2D eigenvalue weighted by molar-refractivity contribution is 7.99. The van der Waals surface area contributed by atoms with E-state index >= 15 is 0 Å². The normalized spacial score (nSPS) is 11.8. The maximum absolute atomic E-state index is 12.4. The summed E-state index contributed by atoms with van der Waals surface area (Å²) in [4.78, 5) is 14.0. The number of benzene rings is 2. The van der Waals surface area contributed by atoms with E-state index in [1.807, 2.05) is 48.5 Å². The SMILES string of the molecule is O=C(CSCc1ccccc1)N[C@H](Cn1nccn1)c1ccccc1. The summed E-state index contributed by atoms with van der Waals surface area (Å²) in [6, 6.07) is 19.9. The van der Waals surface area contributed by atoms with Gasteiger partial charge in [-0.05, 0) is 11.1 Å². The minimum Gasteiger partial charge on any atom is -0.347 e. The average molecular weight is 352 g/mol. The fraction of sp³-hybridized carbons (Fsp3) is 0.211. The zero-order chi connectivity index (χ0) is 17.3. The molecule has 0 saturated carbocycles. The summed E-state index contributed by atoms with van der Waals surface area (Å²) in [5, 5.41) is 11.4. The summed E-state index contributed by atoms with van der Waals surface area (Å²) in [6.45, 7) is 0.506. The Morgan fingerprint density at radius 2 is 1.64 bits per heavy atom. The van der Waals surface area contributed by atoms with E-state index in [0.717, 1.165) is 11.3 Å². The average Bonchev–Trinajstić information content (AvgIpc) is 3.16. The first-order valence-corrected chi connectivity index (χ1v) is 9.27. The molecule has 0 aliphatic rings. The third-order valence-electron chi connectivity index (χ3n) is 3.69. The fourth-order valence-corrected chi connectivity index (χ4v) is 3.29. The van der Waals surface area contributed by atoms with Crippen molar-refractivity contribution in [2.24, 2.45) is 0 Å². The molecule has 0 radical (unpaired) electrons. The highest BCUT2D eigenvalue weighted by Gasteiger charge is 2.16. The lowest BCUT2D eigenvalue weighted by Crippen LogP contribution is -2.33. The van der Waals surface area contributed by atoms with Gasteiger partial charge in [0, 0.05) is 5.75 Å². The summed E-state index contributed by atoms with van der Waals surface area (Å²) >= 11 is 1.61. The van der Waals surface area contributed by atoms with Crippen LogP contribution in [0.3, 0.4) is 0 Å². The van der Waals surface area contributed by atoms with E-state index in [2.05, 4.69) is 27.6 Å². The van der Waals surface area contributed by atoms with Crippen molar-refractivity contribution in [3.63, 3.8) is 0 Å². The zero-order valence-corrected chi connectivity index (χ0v) is 14.6. The van der Waals surface area contributed by atoms with Crippen LogP contribution in [0, 0.1) is 0 Å². The quantitative estimate of drug-likeness (QED) is 0.677. The molecule has 0 saturated heterocycles. The van der Waals surface area contributed by atoms with Crippen molar-refractivity contribution in [2.45, 2.75) is 18.3 Å². The van der Waals surface area contributed by atoms with Crippen molar-refractivity contribution in [1.82, 2.24) is 20.3 Å². The van der Waals surface area contributed by atoms with Crippen molar-refractivity contribution >= 4 is 17.7 Å². The molecular weight excluding hydrogens is 332 g/mol. The van der Waals surface area contributed by atoms with E-state index in [1.54, 1.807) is 29.0 Å². The fourth-order valence-electron chi connectivity index (χ4n) is 2.49. The van der Waals surface area contributed by atoms with Gasteiger partial charge in [-0.2, -0.15) is 15.0 Å². The van der Waals surface area contributed by atoms with Gasteiger partial charge in [-0.3, -0.25) is 4.79 Å². The third-order valence-corrected chi connectivity index (χ3v) is 4.70. The molecule has 1 heterocycles. The van der Waals surface area contributed by atoms with Crippen molar-refractivity contribution in [3.05, 3.63) is 84.2 Å². The Morgan fingerprint density at radius 1 is 1.00 bits per heavy atom. The van der Waals surface area contributed by atoms with Gasteiger partial charge in [-0.1, -0.05) is 60.7 Å². The van der Waals surface area contributed by atoms with Crippen LogP contribution in [0.4, 0.5) is 0 Å². The monoisotopic (exact) mass is 352 g/mol. The maximum Gasteiger partial charge on any atom is 0.230 e. The summed E-state index contributed by atoms with van der Waals surface area (Å²) in [6.07, 6.45) is 3.28. The summed E-state index contributed by atoms with van der Waals surface area (Å²) in [5.41, 5.74) is 2.27. The second-order valence-electron chi connectivity index (χ2n) is 5.59. The Balaban J connectivity index is 1.56. The largest absolute Gasteiger partial charge is 0.347 e. The van der Waals surface area contributed by atoms with Crippen LogP contribution in [0.2, 0.25) is 0 Å². The van der Waals surface area contributed by atoms with Crippen LogP contribution in [0.15, 0.2) is 73.1 Å². The molecule has 0 fully saturated rings. The number of carbonyl (C=O) groups is 1. The molecule has 3 rings (SSSR count). The van der Waals surface area contributed by atoms with Crippen LogP contribution >= 0.6 is 11.8 Å². The molecule has 1 N–H and O–H groups in total. The number of thioether (sulfide) groups is 1. The summed E-state index contributed by atoms with van der Waals surface area (Å²) in [7, 11) is 0. The number of hydrogen-bond acceptors (Lipinski definition) is 4.